The van der Waals surface area contributed by atoms with Gasteiger partial charge >= 0.3 is 5.97 Å². The van der Waals surface area contributed by atoms with Crippen molar-refractivity contribution in [3.05, 3.63) is 29.8 Å². The van der Waals surface area contributed by atoms with E-state index in [0.717, 1.165) is 6.26 Å². The fourth-order valence-corrected chi connectivity index (χ4v) is 1.97. The van der Waals surface area contributed by atoms with Crippen LogP contribution >= 0.6 is 12.4 Å². The van der Waals surface area contributed by atoms with Crippen molar-refractivity contribution in [2.75, 3.05) is 13.4 Å². The maximum Gasteiger partial charge on any atom is 0.307 e. The molecular weight excluding hydrogens is 278 g/mol. The molecule has 0 unspecified atom stereocenters. The highest BCUT2D eigenvalue weighted by Crippen LogP contribution is 2.17. The van der Waals surface area contributed by atoms with Crippen molar-refractivity contribution < 1.29 is 17.9 Å². The highest BCUT2D eigenvalue weighted by Gasteiger charge is 2.13. The first kappa shape index (κ1) is 16.9. The number of carbonyl (C=O) groups is 1. The lowest BCUT2D eigenvalue weighted by Crippen LogP contribution is -2.16. The summed E-state index contributed by atoms with van der Waals surface area (Å²) in [5.74, 6) is -0.398. The average Bonchev–Trinajstić information content (AvgIpc) is 2.27. The van der Waals surface area contributed by atoms with E-state index in [1.807, 2.05) is 0 Å². The van der Waals surface area contributed by atoms with Gasteiger partial charge < -0.3 is 10.5 Å². The van der Waals surface area contributed by atoms with Gasteiger partial charge in [-0.25, -0.2) is 8.42 Å². The quantitative estimate of drug-likeness (QED) is 0.839. The normalized spacial score (nSPS) is 12.4. The molecular formula is C11H16ClNO4S. The van der Waals surface area contributed by atoms with Gasteiger partial charge in [-0.1, -0.05) is 12.1 Å². The SMILES string of the molecule is COC(=O)C[C@H](N)c1ccc(S(C)(=O)=O)cc1.Cl. The standard InChI is InChI=1S/C11H15NO4S.ClH/c1-16-11(13)7-10(12)8-3-5-9(6-4-8)17(2,14)15;/h3-6,10H,7,12H2,1-2H3;1H/t10-;/m0./s1. The summed E-state index contributed by atoms with van der Waals surface area (Å²) in [6.45, 7) is 0. The van der Waals surface area contributed by atoms with Gasteiger partial charge in [0.25, 0.3) is 0 Å². The molecule has 0 amide bonds. The molecule has 0 aliphatic heterocycles. The second-order valence-corrected chi connectivity index (χ2v) is 5.74. The van der Waals surface area contributed by atoms with Crippen molar-refractivity contribution in [3.63, 3.8) is 0 Å². The number of methoxy groups -OCH3 is 1. The third-order valence-corrected chi connectivity index (χ3v) is 3.48. The second-order valence-electron chi connectivity index (χ2n) is 3.73. The number of nitrogens with two attached hydrogens (primary N) is 1. The van der Waals surface area contributed by atoms with Crippen molar-refractivity contribution in [1.29, 1.82) is 0 Å². The van der Waals surface area contributed by atoms with E-state index in [0.29, 0.717) is 5.56 Å². The van der Waals surface area contributed by atoms with E-state index in [2.05, 4.69) is 4.74 Å². The molecule has 0 saturated heterocycles. The minimum Gasteiger partial charge on any atom is -0.469 e. The summed E-state index contributed by atoms with van der Waals surface area (Å²) >= 11 is 0. The van der Waals surface area contributed by atoms with Gasteiger partial charge in [-0.3, -0.25) is 4.79 Å². The van der Waals surface area contributed by atoms with Crippen LogP contribution in [0.4, 0.5) is 0 Å². The summed E-state index contributed by atoms with van der Waals surface area (Å²) in [5.41, 5.74) is 6.48. The molecule has 0 radical (unpaired) electrons. The molecule has 1 aromatic carbocycles. The third kappa shape index (κ3) is 4.64. The molecule has 1 aromatic rings. The Bertz CT molecular complexity index is 498. The van der Waals surface area contributed by atoms with Gasteiger partial charge in [-0.15, -0.1) is 12.4 Å². The van der Waals surface area contributed by atoms with Crippen molar-refractivity contribution in [1.82, 2.24) is 0 Å². The van der Waals surface area contributed by atoms with Gasteiger partial charge in [0.05, 0.1) is 18.4 Å². The Balaban J connectivity index is 0.00000289. The number of hydrogen-bond acceptors (Lipinski definition) is 5. The first-order valence-corrected chi connectivity index (χ1v) is 6.86. The molecule has 0 fully saturated rings. The van der Waals surface area contributed by atoms with Gasteiger partial charge in [0, 0.05) is 12.3 Å². The van der Waals surface area contributed by atoms with Gasteiger partial charge in [-0.2, -0.15) is 0 Å². The van der Waals surface area contributed by atoms with E-state index in [9.17, 15) is 13.2 Å². The Labute approximate surface area is 113 Å². The molecule has 2 N–H and O–H groups in total. The number of halogens is 1. The summed E-state index contributed by atoms with van der Waals surface area (Å²) in [5, 5.41) is 0. The average molecular weight is 294 g/mol. The van der Waals surface area contributed by atoms with E-state index in [1.54, 1.807) is 12.1 Å². The maximum atomic E-state index is 11.2. The fourth-order valence-electron chi connectivity index (χ4n) is 1.34. The number of carbonyl (C=O) groups excluding carboxylic acids is 1. The molecule has 0 aromatic heterocycles. The highest BCUT2D eigenvalue weighted by molar-refractivity contribution is 7.90. The molecule has 18 heavy (non-hydrogen) atoms. The van der Waals surface area contributed by atoms with E-state index < -0.39 is 21.8 Å². The molecule has 0 aliphatic rings. The summed E-state index contributed by atoms with van der Waals surface area (Å²) < 4.78 is 27.0. The van der Waals surface area contributed by atoms with Gasteiger partial charge in [0.2, 0.25) is 0 Å². The number of hydrogen-bond donors (Lipinski definition) is 1. The van der Waals surface area contributed by atoms with E-state index in [4.69, 9.17) is 5.73 Å². The zero-order chi connectivity index (χ0) is 13.1. The zero-order valence-corrected chi connectivity index (χ0v) is 11.8. The highest BCUT2D eigenvalue weighted by atomic mass is 35.5. The van der Waals surface area contributed by atoms with Crippen LogP contribution in [0.3, 0.4) is 0 Å². The molecule has 0 bridgehead atoms. The van der Waals surface area contributed by atoms with Crippen LogP contribution in [-0.2, 0) is 19.4 Å². The summed E-state index contributed by atoms with van der Waals surface area (Å²) in [6.07, 6.45) is 1.20. The molecule has 0 saturated carbocycles. The molecule has 1 atom stereocenters. The maximum absolute atomic E-state index is 11.2. The predicted molar refractivity (Wildman–Crippen MR) is 70.4 cm³/mol. The summed E-state index contributed by atoms with van der Waals surface area (Å²) in [6, 6.07) is 5.66. The van der Waals surface area contributed by atoms with Crippen molar-refractivity contribution in [2.45, 2.75) is 17.4 Å². The topological polar surface area (TPSA) is 86.5 Å². The minimum absolute atomic E-state index is 0. The van der Waals surface area contributed by atoms with Crippen LogP contribution in [0, 0.1) is 0 Å². The Morgan fingerprint density at radius 1 is 1.33 bits per heavy atom. The second kappa shape index (κ2) is 6.72. The van der Waals surface area contributed by atoms with Crippen LogP contribution in [0.5, 0.6) is 0 Å². The smallest absolute Gasteiger partial charge is 0.307 e. The lowest BCUT2D eigenvalue weighted by molar-refractivity contribution is -0.141. The number of benzene rings is 1. The first-order valence-electron chi connectivity index (χ1n) is 4.97. The molecule has 0 aliphatic carbocycles. The summed E-state index contributed by atoms with van der Waals surface area (Å²) in [7, 11) is -1.91. The number of esters is 1. The fraction of sp³-hybridized carbons (Fsp3) is 0.364. The van der Waals surface area contributed by atoms with Gasteiger partial charge in [0.1, 0.15) is 0 Å². The van der Waals surface area contributed by atoms with Gasteiger partial charge in [0.15, 0.2) is 9.84 Å². The van der Waals surface area contributed by atoms with Crippen LogP contribution < -0.4 is 5.73 Å². The minimum atomic E-state index is -3.21. The van der Waals surface area contributed by atoms with Crippen LogP contribution in [0.25, 0.3) is 0 Å². The molecule has 0 heterocycles. The first-order chi connectivity index (χ1) is 7.84. The molecule has 0 spiro atoms. The Kier molecular flexibility index (Phi) is 6.31. The van der Waals surface area contributed by atoms with Crippen molar-refractivity contribution in [3.8, 4) is 0 Å². The number of sulfone groups is 1. The Morgan fingerprint density at radius 3 is 2.22 bits per heavy atom. The predicted octanol–water partition coefficient (Wildman–Crippen LogP) is 1.07. The number of rotatable bonds is 4. The molecule has 102 valence electrons. The molecule has 1 rings (SSSR count). The third-order valence-electron chi connectivity index (χ3n) is 2.35. The van der Waals surface area contributed by atoms with Crippen LogP contribution in [-0.4, -0.2) is 27.8 Å². The van der Waals surface area contributed by atoms with Crippen molar-refractivity contribution >= 4 is 28.2 Å². The van der Waals surface area contributed by atoms with Gasteiger partial charge in [-0.05, 0) is 17.7 Å². The van der Waals surface area contributed by atoms with Crippen LogP contribution in [0.1, 0.15) is 18.0 Å². The van der Waals surface area contributed by atoms with E-state index in [1.165, 1.54) is 19.2 Å². The monoisotopic (exact) mass is 293 g/mol. The largest absolute Gasteiger partial charge is 0.469 e. The van der Waals surface area contributed by atoms with E-state index in [-0.39, 0.29) is 23.7 Å². The number of ether oxygens (including phenoxy) is 1. The lowest BCUT2D eigenvalue weighted by Gasteiger charge is -2.10. The van der Waals surface area contributed by atoms with Crippen LogP contribution in [0.2, 0.25) is 0 Å². The molecule has 7 heteroatoms. The Morgan fingerprint density at radius 2 is 1.83 bits per heavy atom. The Hall–Kier alpha value is -1.11. The molecule has 5 nitrogen and oxygen atoms in total. The lowest BCUT2D eigenvalue weighted by atomic mass is 10.1. The van der Waals surface area contributed by atoms with Crippen LogP contribution in [0.15, 0.2) is 29.2 Å². The van der Waals surface area contributed by atoms with E-state index >= 15 is 0 Å². The van der Waals surface area contributed by atoms with Crippen molar-refractivity contribution in [2.24, 2.45) is 5.73 Å². The zero-order valence-electron chi connectivity index (χ0n) is 10.1. The summed E-state index contributed by atoms with van der Waals surface area (Å²) in [4.78, 5) is 11.3.